The lowest BCUT2D eigenvalue weighted by Crippen LogP contribution is -2.36. The third kappa shape index (κ3) is 4.45. The van der Waals surface area contributed by atoms with Crippen LogP contribution in [0.15, 0.2) is 24.5 Å². The van der Waals surface area contributed by atoms with E-state index in [2.05, 4.69) is 18.8 Å². The summed E-state index contributed by atoms with van der Waals surface area (Å²) in [6, 6.07) is 3.84. The maximum Gasteiger partial charge on any atom is 0.227 e. The van der Waals surface area contributed by atoms with E-state index in [1.54, 1.807) is 17.3 Å². The Morgan fingerprint density at radius 3 is 2.50 bits per heavy atom. The van der Waals surface area contributed by atoms with Crippen LogP contribution >= 0.6 is 0 Å². The fraction of sp³-hybridized carbons (Fsp3) is 0.571. The summed E-state index contributed by atoms with van der Waals surface area (Å²) in [7, 11) is 1.83. The molecule has 0 radical (unpaired) electrons. The monoisotopic (exact) mass is 249 g/mol. The predicted octanol–water partition coefficient (Wildman–Crippen LogP) is 1.66. The molecule has 100 valence electrons. The normalized spacial score (nSPS) is 12.5. The number of carbonyl (C=O) groups is 1. The molecule has 1 atom stereocenters. The number of pyridine rings is 1. The van der Waals surface area contributed by atoms with Crippen molar-refractivity contribution >= 4 is 5.91 Å². The Kier molecular flexibility index (Phi) is 5.78. The number of hydrogen-bond acceptors (Lipinski definition) is 3. The summed E-state index contributed by atoms with van der Waals surface area (Å²) in [4.78, 5) is 18.0. The SMILES string of the molecule is CC(C)CC(CN)C(=O)N(C)Cc1ccncc1. The van der Waals surface area contributed by atoms with Crippen LogP contribution in [0.5, 0.6) is 0 Å². The van der Waals surface area contributed by atoms with E-state index in [4.69, 9.17) is 5.73 Å². The molecule has 0 aliphatic heterocycles. The van der Waals surface area contributed by atoms with E-state index in [1.807, 2.05) is 19.2 Å². The molecule has 1 heterocycles. The van der Waals surface area contributed by atoms with Crippen LogP contribution in [0.1, 0.15) is 25.8 Å². The molecular formula is C14H23N3O. The quantitative estimate of drug-likeness (QED) is 0.834. The van der Waals surface area contributed by atoms with Gasteiger partial charge in [0.1, 0.15) is 0 Å². The Balaban J connectivity index is 2.59. The van der Waals surface area contributed by atoms with Crippen LogP contribution in [0.25, 0.3) is 0 Å². The van der Waals surface area contributed by atoms with Crippen LogP contribution in [0, 0.1) is 11.8 Å². The van der Waals surface area contributed by atoms with E-state index < -0.39 is 0 Å². The van der Waals surface area contributed by atoms with Crippen molar-refractivity contribution in [3.05, 3.63) is 30.1 Å². The first-order valence-corrected chi connectivity index (χ1v) is 6.38. The summed E-state index contributed by atoms with van der Waals surface area (Å²) in [5.74, 6) is 0.539. The summed E-state index contributed by atoms with van der Waals surface area (Å²) in [5, 5.41) is 0. The van der Waals surface area contributed by atoms with Crippen molar-refractivity contribution in [1.29, 1.82) is 0 Å². The smallest absolute Gasteiger partial charge is 0.227 e. The van der Waals surface area contributed by atoms with Gasteiger partial charge in [0.05, 0.1) is 5.92 Å². The lowest BCUT2D eigenvalue weighted by Gasteiger charge is -2.24. The minimum absolute atomic E-state index is 0.0724. The molecule has 1 unspecified atom stereocenters. The molecular weight excluding hydrogens is 226 g/mol. The maximum absolute atomic E-state index is 12.2. The van der Waals surface area contributed by atoms with Crippen LogP contribution in [0.4, 0.5) is 0 Å². The molecule has 1 aromatic heterocycles. The van der Waals surface area contributed by atoms with Gasteiger partial charge in [-0.15, -0.1) is 0 Å². The van der Waals surface area contributed by atoms with Crippen molar-refractivity contribution in [1.82, 2.24) is 9.88 Å². The first kappa shape index (κ1) is 14.6. The fourth-order valence-corrected chi connectivity index (χ4v) is 2.02. The van der Waals surface area contributed by atoms with Gasteiger partial charge in [-0.05, 0) is 30.0 Å². The second-order valence-electron chi connectivity index (χ2n) is 5.11. The van der Waals surface area contributed by atoms with Crippen molar-refractivity contribution in [2.45, 2.75) is 26.8 Å². The molecule has 1 rings (SSSR count). The minimum Gasteiger partial charge on any atom is -0.341 e. The molecule has 0 aromatic carbocycles. The summed E-state index contributed by atoms with van der Waals surface area (Å²) < 4.78 is 0. The van der Waals surface area contributed by atoms with Crippen molar-refractivity contribution in [2.75, 3.05) is 13.6 Å². The van der Waals surface area contributed by atoms with Crippen LogP contribution in [0.3, 0.4) is 0 Å². The summed E-state index contributed by atoms with van der Waals surface area (Å²) >= 11 is 0. The topological polar surface area (TPSA) is 59.2 Å². The van der Waals surface area contributed by atoms with Gasteiger partial charge >= 0.3 is 0 Å². The Bertz CT molecular complexity index is 365. The molecule has 0 fully saturated rings. The number of amides is 1. The fourth-order valence-electron chi connectivity index (χ4n) is 2.02. The molecule has 4 heteroatoms. The average Bonchev–Trinajstić information content (AvgIpc) is 2.36. The molecule has 0 aliphatic carbocycles. The third-order valence-corrected chi connectivity index (χ3v) is 2.94. The first-order valence-electron chi connectivity index (χ1n) is 6.38. The Morgan fingerprint density at radius 2 is 2.00 bits per heavy atom. The number of nitrogens with two attached hydrogens (primary N) is 1. The van der Waals surface area contributed by atoms with Gasteiger partial charge in [-0.25, -0.2) is 0 Å². The van der Waals surface area contributed by atoms with Crippen LogP contribution in [-0.4, -0.2) is 29.4 Å². The molecule has 1 amide bonds. The number of nitrogens with zero attached hydrogens (tertiary/aromatic N) is 2. The van der Waals surface area contributed by atoms with Gasteiger partial charge in [-0.1, -0.05) is 13.8 Å². The highest BCUT2D eigenvalue weighted by atomic mass is 16.2. The summed E-state index contributed by atoms with van der Waals surface area (Å²) in [5.41, 5.74) is 6.78. The predicted molar refractivity (Wildman–Crippen MR) is 72.7 cm³/mol. The average molecular weight is 249 g/mol. The Hall–Kier alpha value is -1.42. The van der Waals surface area contributed by atoms with Gasteiger partial charge < -0.3 is 10.6 Å². The summed E-state index contributed by atoms with van der Waals surface area (Å²) in [6.07, 6.45) is 4.32. The van der Waals surface area contributed by atoms with E-state index in [0.717, 1.165) is 12.0 Å². The first-order chi connectivity index (χ1) is 8.54. The molecule has 2 N–H and O–H groups in total. The molecule has 1 aromatic rings. The highest BCUT2D eigenvalue weighted by molar-refractivity contribution is 5.78. The summed E-state index contributed by atoms with van der Waals surface area (Å²) in [6.45, 7) is 5.24. The lowest BCUT2D eigenvalue weighted by molar-refractivity contribution is -0.134. The van der Waals surface area contributed by atoms with Gasteiger partial charge in [0.25, 0.3) is 0 Å². The van der Waals surface area contributed by atoms with E-state index in [0.29, 0.717) is 19.0 Å². The van der Waals surface area contributed by atoms with Gasteiger partial charge in [0.15, 0.2) is 0 Å². The van der Waals surface area contributed by atoms with Crippen molar-refractivity contribution in [2.24, 2.45) is 17.6 Å². The number of carbonyl (C=O) groups excluding carboxylic acids is 1. The number of rotatable bonds is 6. The molecule has 0 saturated carbocycles. The van der Waals surface area contributed by atoms with Crippen LogP contribution in [0.2, 0.25) is 0 Å². The van der Waals surface area contributed by atoms with E-state index in [9.17, 15) is 4.79 Å². The van der Waals surface area contributed by atoms with Gasteiger partial charge in [-0.3, -0.25) is 9.78 Å². The lowest BCUT2D eigenvalue weighted by atomic mass is 9.96. The second kappa shape index (κ2) is 7.11. The molecule has 4 nitrogen and oxygen atoms in total. The highest BCUT2D eigenvalue weighted by Gasteiger charge is 2.21. The zero-order valence-electron chi connectivity index (χ0n) is 11.5. The number of hydrogen-bond donors (Lipinski definition) is 1. The van der Waals surface area contributed by atoms with Gasteiger partial charge in [0.2, 0.25) is 5.91 Å². The van der Waals surface area contributed by atoms with Crippen molar-refractivity contribution in [3.63, 3.8) is 0 Å². The van der Waals surface area contributed by atoms with Gasteiger partial charge in [-0.2, -0.15) is 0 Å². The Morgan fingerprint density at radius 1 is 1.39 bits per heavy atom. The van der Waals surface area contributed by atoms with E-state index >= 15 is 0 Å². The largest absolute Gasteiger partial charge is 0.341 e. The molecule has 0 saturated heterocycles. The zero-order valence-corrected chi connectivity index (χ0v) is 11.5. The Labute approximate surface area is 109 Å². The number of aromatic nitrogens is 1. The molecule has 0 bridgehead atoms. The van der Waals surface area contributed by atoms with Crippen molar-refractivity contribution in [3.8, 4) is 0 Å². The maximum atomic E-state index is 12.2. The van der Waals surface area contributed by atoms with Crippen molar-refractivity contribution < 1.29 is 4.79 Å². The van der Waals surface area contributed by atoms with E-state index in [-0.39, 0.29) is 11.8 Å². The van der Waals surface area contributed by atoms with Crippen LogP contribution < -0.4 is 5.73 Å². The molecule has 0 spiro atoms. The van der Waals surface area contributed by atoms with Crippen LogP contribution in [-0.2, 0) is 11.3 Å². The second-order valence-corrected chi connectivity index (χ2v) is 5.11. The molecule has 0 aliphatic rings. The zero-order chi connectivity index (χ0) is 13.5. The van der Waals surface area contributed by atoms with E-state index in [1.165, 1.54) is 0 Å². The van der Waals surface area contributed by atoms with Gasteiger partial charge in [0, 0.05) is 32.5 Å². The minimum atomic E-state index is -0.0724. The molecule has 18 heavy (non-hydrogen) atoms. The third-order valence-electron chi connectivity index (χ3n) is 2.94. The standard InChI is InChI=1S/C14H23N3O/c1-11(2)8-13(9-15)14(18)17(3)10-12-4-6-16-7-5-12/h4-7,11,13H,8-10,15H2,1-3H3. The highest BCUT2D eigenvalue weighted by Crippen LogP contribution is 2.14.